The largest absolute Gasteiger partial charge is 0.505 e. The van der Waals surface area contributed by atoms with Gasteiger partial charge in [-0.2, -0.15) is 0 Å². The molecule has 0 aliphatic rings. The van der Waals surface area contributed by atoms with Crippen molar-refractivity contribution in [3.8, 4) is 51.7 Å². The van der Waals surface area contributed by atoms with Gasteiger partial charge in [0.15, 0.2) is 56.5 Å². The van der Waals surface area contributed by atoms with Crippen LogP contribution in [0.25, 0.3) is 51.1 Å². The fourth-order valence-corrected chi connectivity index (χ4v) is 15.4. The number of aromatic nitrogens is 5. The first-order valence-electron chi connectivity index (χ1n) is 34.5. The van der Waals surface area contributed by atoms with Gasteiger partial charge in [0.2, 0.25) is 11.8 Å². The van der Waals surface area contributed by atoms with E-state index >= 15 is 0 Å². The maximum absolute atomic E-state index is 14.6. The van der Waals surface area contributed by atoms with Gasteiger partial charge in [-0.15, -0.1) is 56.7 Å². The molecule has 2 amide bonds. The van der Waals surface area contributed by atoms with Crippen LogP contribution < -0.4 is 45.9 Å². The molecule has 0 atom stereocenters. The number of rotatable bonds is 16. The number of phenols is 1. The van der Waals surface area contributed by atoms with Crippen LogP contribution in [0.3, 0.4) is 0 Å². The maximum Gasteiger partial charge on any atom is 0.272 e. The van der Waals surface area contributed by atoms with Crippen molar-refractivity contribution in [1.29, 1.82) is 0 Å². The summed E-state index contributed by atoms with van der Waals surface area (Å²) in [6.07, 6.45) is 8.69. The van der Waals surface area contributed by atoms with Crippen molar-refractivity contribution < 1.29 is 61.1 Å². The second kappa shape index (κ2) is 41.0. The Morgan fingerprint density at radius 3 is 1.23 bits per heavy atom. The molecule has 7 N–H and O–H groups in total. The van der Waals surface area contributed by atoms with Gasteiger partial charge in [-0.1, -0.05) is 83.9 Å². The number of amides is 2. The number of nitrogen functional groups attached to an aromatic ring is 1. The molecule has 598 valence electrons. The van der Waals surface area contributed by atoms with E-state index in [2.05, 4.69) is 46.2 Å². The first-order chi connectivity index (χ1) is 57.5. The lowest BCUT2D eigenvalue weighted by molar-refractivity contribution is -0.385. The molecule has 17 aromatic rings. The molecular weight excluding hydrogens is 1710 g/mol. The second-order valence-electron chi connectivity index (χ2n) is 24.2. The predicted octanol–water partition coefficient (Wildman–Crippen LogP) is 23.4. The number of thiophene rings is 5. The monoisotopic (exact) mass is 1770 g/mol. The number of phenolic OH excluding ortho intramolecular Hbond substituents is 1. The summed E-state index contributed by atoms with van der Waals surface area (Å²) in [7, 11) is 0. The molecule has 0 saturated heterocycles. The first kappa shape index (κ1) is 85.1. The van der Waals surface area contributed by atoms with Crippen LogP contribution in [0.5, 0.6) is 51.7 Å². The van der Waals surface area contributed by atoms with Crippen molar-refractivity contribution >= 4 is 206 Å². The summed E-state index contributed by atoms with van der Waals surface area (Å²) in [6.45, 7) is 0. The SMILES string of the molecule is Clc1ccnc2ccsc12.Nc1ccc(Oc2ccnc3ccsc23)c(F)c1.O=C(Cc1ccccc1)NC(=S)Nc1ccc(Oc2ccnc3ccsc23)c(F)c1.O=C(Cc1ccccc1)NC(=S)Nc1ccc(Oc2ccnc3ccsc23)cc1Cl.O=[N+]([O-])c1ccc(O)c(F)c1.O=[N+]([O-])c1ccc(Oc2ccnc3ccsc23)c(F)c1. The van der Waals surface area contributed by atoms with Crippen LogP contribution in [0.2, 0.25) is 10.0 Å². The van der Waals surface area contributed by atoms with Crippen molar-refractivity contribution in [2.45, 2.75) is 12.8 Å². The van der Waals surface area contributed by atoms with Crippen molar-refractivity contribution in [1.82, 2.24) is 35.6 Å². The second-order valence-corrected chi connectivity index (χ2v) is 30.4. The van der Waals surface area contributed by atoms with Gasteiger partial charge in [-0.05, 0) is 147 Å². The van der Waals surface area contributed by atoms with Gasteiger partial charge in [0.1, 0.15) is 28.7 Å². The zero-order valence-electron chi connectivity index (χ0n) is 60.8. The van der Waals surface area contributed by atoms with E-state index in [9.17, 15) is 47.4 Å². The van der Waals surface area contributed by atoms with E-state index in [4.69, 9.17) is 77.4 Å². The van der Waals surface area contributed by atoms with Crippen LogP contribution in [0.1, 0.15) is 11.1 Å². The number of hydrogen-bond acceptors (Lipinski definition) is 24. The average molecular weight is 1770 g/mol. The number of ether oxygens (including phenoxy) is 4. The molecule has 36 heteroatoms. The quantitative estimate of drug-likeness (QED) is 0.0172. The summed E-state index contributed by atoms with van der Waals surface area (Å²) in [4.78, 5) is 64.4. The molecule has 0 fully saturated rings. The number of non-ortho nitro benzene ring substituents is 2. The highest BCUT2D eigenvalue weighted by Gasteiger charge is 2.18. The zero-order valence-corrected chi connectivity index (χ0v) is 68.0. The topological polar surface area (TPSA) is 316 Å². The van der Waals surface area contributed by atoms with E-state index in [1.54, 1.807) is 108 Å². The first-order valence-corrected chi connectivity index (χ1v) is 40.5. The maximum atomic E-state index is 14.6. The Bertz CT molecular complexity index is 6520. The number of nitro groups is 2. The predicted molar refractivity (Wildman–Crippen MR) is 469 cm³/mol. The Hall–Kier alpha value is -13.3. The number of carbonyl (C=O) groups excluding carboxylic acids is 2. The Labute approximate surface area is 712 Å². The van der Waals surface area contributed by atoms with Gasteiger partial charge in [0.05, 0.1) is 102 Å². The molecule has 7 aromatic carbocycles. The fraction of sp³-hybridized carbons (Fsp3) is 0.0241. The Morgan fingerprint density at radius 1 is 0.420 bits per heavy atom. The Morgan fingerprint density at radius 2 is 0.807 bits per heavy atom. The number of carbonyl (C=O) groups is 2. The van der Waals surface area contributed by atoms with Crippen molar-refractivity contribution in [2.75, 3.05) is 16.4 Å². The molecule has 23 nitrogen and oxygen atoms in total. The van der Waals surface area contributed by atoms with E-state index in [1.807, 2.05) is 124 Å². The highest BCUT2D eigenvalue weighted by Crippen LogP contribution is 2.40. The summed E-state index contributed by atoms with van der Waals surface area (Å²) in [5.74, 6) is -0.742. The number of nitrogens with two attached hydrogens (primary N) is 1. The van der Waals surface area contributed by atoms with Crippen LogP contribution in [-0.2, 0) is 22.4 Å². The average Bonchev–Trinajstić information content (AvgIpc) is 1.67. The summed E-state index contributed by atoms with van der Waals surface area (Å²) >= 11 is 30.2. The summed E-state index contributed by atoms with van der Waals surface area (Å²) in [5, 5.41) is 51.3. The molecule has 0 radical (unpaired) electrons. The lowest BCUT2D eigenvalue weighted by Gasteiger charge is -2.13. The van der Waals surface area contributed by atoms with E-state index in [0.29, 0.717) is 51.1 Å². The molecule has 0 saturated carbocycles. The van der Waals surface area contributed by atoms with E-state index in [-0.39, 0.29) is 63.5 Å². The van der Waals surface area contributed by atoms with Crippen molar-refractivity contribution in [2.24, 2.45) is 0 Å². The van der Waals surface area contributed by atoms with Crippen molar-refractivity contribution in [3.63, 3.8) is 0 Å². The molecule has 10 aromatic heterocycles. The number of nitrogens with zero attached hydrogens (tertiary/aromatic N) is 7. The molecule has 10 heterocycles. The van der Waals surface area contributed by atoms with Gasteiger partial charge in [0.25, 0.3) is 11.4 Å². The van der Waals surface area contributed by atoms with Crippen LogP contribution in [-0.4, -0.2) is 61.9 Å². The fourth-order valence-electron chi connectivity index (χ4n) is 10.5. The number of nitrogens with one attached hydrogen (secondary N) is 4. The van der Waals surface area contributed by atoms with Crippen LogP contribution in [0.15, 0.2) is 270 Å². The van der Waals surface area contributed by atoms with E-state index < -0.39 is 38.9 Å². The molecule has 17 rings (SSSR count). The zero-order chi connectivity index (χ0) is 83.9. The van der Waals surface area contributed by atoms with Crippen LogP contribution >= 0.6 is 104 Å². The Kier molecular flexibility index (Phi) is 29.3. The summed E-state index contributed by atoms with van der Waals surface area (Å²) < 4.78 is 81.7. The Balaban J connectivity index is 0.000000136. The van der Waals surface area contributed by atoms with Crippen LogP contribution in [0, 0.1) is 43.5 Å². The smallest absolute Gasteiger partial charge is 0.272 e. The minimum Gasteiger partial charge on any atom is -0.505 e. The summed E-state index contributed by atoms with van der Waals surface area (Å²) in [6, 6.07) is 56.8. The van der Waals surface area contributed by atoms with Gasteiger partial charge in [-0.3, -0.25) is 54.7 Å². The number of hydrogen-bond donors (Lipinski definition) is 6. The normalized spacial score (nSPS) is 10.5. The lowest BCUT2D eigenvalue weighted by Crippen LogP contribution is -2.35. The van der Waals surface area contributed by atoms with Gasteiger partial charge < -0.3 is 51.1 Å². The number of thiocarbonyl (C=S) groups is 2. The van der Waals surface area contributed by atoms with E-state index in [0.717, 1.165) is 91.2 Å². The number of halogens is 6. The van der Waals surface area contributed by atoms with Crippen LogP contribution in [0.4, 0.5) is 46.0 Å². The molecule has 119 heavy (non-hydrogen) atoms. The van der Waals surface area contributed by atoms with E-state index in [1.165, 1.54) is 70.4 Å². The third-order valence-electron chi connectivity index (χ3n) is 15.9. The van der Waals surface area contributed by atoms with Gasteiger partial charge in [0, 0.05) is 97.0 Å². The number of benzene rings is 7. The number of anilines is 3. The molecule has 0 aliphatic heterocycles. The molecular formula is C83H56Cl2F4N12O11S7. The number of fused-ring (bicyclic) bond motifs is 5. The highest BCUT2D eigenvalue weighted by atomic mass is 35.5. The summed E-state index contributed by atoms with van der Waals surface area (Å²) in [5.41, 5.74) is 12.2. The van der Waals surface area contributed by atoms with Crippen molar-refractivity contribution in [3.05, 3.63) is 335 Å². The minimum absolute atomic E-state index is 0.0588. The number of pyridine rings is 5. The molecule has 0 spiro atoms. The number of aromatic hydroxyl groups is 1. The number of nitro benzene ring substituents is 2. The lowest BCUT2D eigenvalue weighted by atomic mass is 10.1. The molecule has 0 bridgehead atoms. The molecule has 0 unspecified atom stereocenters. The van der Waals surface area contributed by atoms with Gasteiger partial charge >= 0.3 is 0 Å². The van der Waals surface area contributed by atoms with Gasteiger partial charge in [-0.25, -0.2) is 17.6 Å². The highest BCUT2D eigenvalue weighted by molar-refractivity contribution is 7.80. The standard InChI is InChI=1S/C22H16ClN3O2S2.C22H16FN3O2S2.C13H7FN2O3S.C13H9FN2OS.C7H4ClNS.C6H4FNO3/c23-16-13-15(28-19-8-10-24-18-9-11-30-21(18)19)6-7-17(16)25-22(29)26-20(27)12-14-4-2-1-3-5-14;23-16-13-15(25-22(29)26-20(27)12-14-4-2-1-3-5-14)6-7-18(16)28-19-8-10-24-17-9-11-30-21(17)19;14-9-7-8(16(17)18)1-2-11(9)19-12-3-5-15-10-4-6-20-13(10)12;14-9-7-8(15)1-2-11(9)17-12-3-5-16-10-4-6-18-13(10)12;8-5-1-3-9-6-2-4-10-7(5)6;7-5-3-4(8(10)11)1-2-6(5)9/h2*1-11,13H,12H2,(H2,25,26,27,29);1-7H;1-7H,15H2;1-4H;1-3,9H. The third kappa shape index (κ3) is 23.7. The molecule has 0 aliphatic carbocycles. The minimum atomic E-state index is -0.987. The third-order valence-corrected chi connectivity index (χ3v) is 21.7.